The van der Waals surface area contributed by atoms with Crippen molar-refractivity contribution in [2.24, 2.45) is 0 Å². The van der Waals surface area contributed by atoms with E-state index < -0.39 is 0 Å². The van der Waals surface area contributed by atoms with Gasteiger partial charge in [0.25, 0.3) is 0 Å². The SMILES string of the molecule is CC(CC=O)n1cncn1. The molecule has 0 aromatic carbocycles. The third-order valence-electron chi connectivity index (χ3n) is 1.33. The van der Waals surface area contributed by atoms with Gasteiger partial charge in [0.05, 0.1) is 6.04 Å². The van der Waals surface area contributed by atoms with Gasteiger partial charge in [0, 0.05) is 6.42 Å². The molecule has 1 aromatic heterocycles. The molecule has 0 saturated heterocycles. The number of hydrogen-bond acceptors (Lipinski definition) is 3. The van der Waals surface area contributed by atoms with Crippen molar-refractivity contribution in [2.75, 3.05) is 0 Å². The molecule has 0 radical (unpaired) electrons. The van der Waals surface area contributed by atoms with Crippen LogP contribution < -0.4 is 0 Å². The van der Waals surface area contributed by atoms with E-state index >= 15 is 0 Å². The van der Waals surface area contributed by atoms with Crippen LogP contribution in [0.15, 0.2) is 12.7 Å². The van der Waals surface area contributed by atoms with Crippen LogP contribution in [-0.4, -0.2) is 21.1 Å². The zero-order chi connectivity index (χ0) is 7.40. The zero-order valence-electron chi connectivity index (χ0n) is 5.77. The molecule has 1 aromatic rings. The first-order valence-corrected chi connectivity index (χ1v) is 3.12. The van der Waals surface area contributed by atoms with Crippen LogP contribution in [0.2, 0.25) is 0 Å². The van der Waals surface area contributed by atoms with E-state index in [0.717, 1.165) is 6.29 Å². The van der Waals surface area contributed by atoms with Crippen molar-refractivity contribution < 1.29 is 4.79 Å². The first-order valence-electron chi connectivity index (χ1n) is 3.12. The molecular formula is C6H9N3O. The minimum Gasteiger partial charge on any atom is -0.303 e. The fourth-order valence-corrected chi connectivity index (χ4v) is 0.692. The van der Waals surface area contributed by atoms with Crippen molar-refractivity contribution in [1.82, 2.24) is 14.8 Å². The van der Waals surface area contributed by atoms with E-state index in [1.165, 1.54) is 6.33 Å². The first-order chi connectivity index (χ1) is 4.84. The molecule has 0 amide bonds. The molecule has 0 saturated carbocycles. The number of aromatic nitrogens is 3. The Labute approximate surface area is 58.9 Å². The molecule has 10 heavy (non-hydrogen) atoms. The van der Waals surface area contributed by atoms with Crippen LogP contribution in [0, 0.1) is 0 Å². The summed E-state index contributed by atoms with van der Waals surface area (Å²) in [5.41, 5.74) is 0. The second-order valence-electron chi connectivity index (χ2n) is 2.13. The average molecular weight is 139 g/mol. The highest BCUT2D eigenvalue weighted by molar-refractivity contribution is 5.49. The van der Waals surface area contributed by atoms with E-state index in [-0.39, 0.29) is 6.04 Å². The average Bonchev–Trinajstić information content (AvgIpc) is 2.38. The third-order valence-corrected chi connectivity index (χ3v) is 1.33. The van der Waals surface area contributed by atoms with E-state index in [1.807, 2.05) is 6.92 Å². The van der Waals surface area contributed by atoms with Gasteiger partial charge in [-0.1, -0.05) is 0 Å². The van der Waals surface area contributed by atoms with Crippen LogP contribution in [0.25, 0.3) is 0 Å². The molecule has 0 aliphatic carbocycles. The Balaban J connectivity index is 2.58. The Hall–Kier alpha value is -1.19. The quantitative estimate of drug-likeness (QED) is 0.570. The Morgan fingerprint density at radius 3 is 3.10 bits per heavy atom. The molecule has 4 nitrogen and oxygen atoms in total. The summed E-state index contributed by atoms with van der Waals surface area (Å²) in [5, 5.41) is 3.88. The van der Waals surface area contributed by atoms with Crippen molar-refractivity contribution in [3.8, 4) is 0 Å². The van der Waals surface area contributed by atoms with Gasteiger partial charge in [-0.3, -0.25) is 0 Å². The van der Waals surface area contributed by atoms with Crippen molar-refractivity contribution >= 4 is 6.29 Å². The molecule has 1 atom stereocenters. The van der Waals surface area contributed by atoms with Gasteiger partial charge in [-0.15, -0.1) is 0 Å². The van der Waals surface area contributed by atoms with Crippen LogP contribution in [0.5, 0.6) is 0 Å². The summed E-state index contributed by atoms with van der Waals surface area (Å²) in [6, 6.07) is 0.125. The van der Waals surface area contributed by atoms with Gasteiger partial charge in [-0.05, 0) is 6.92 Å². The largest absolute Gasteiger partial charge is 0.303 e. The lowest BCUT2D eigenvalue weighted by Gasteiger charge is -2.05. The number of aldehydes is 1. The summed E-state index contributed by atoms with van der Waals surface area (Å²) in [7, 11) is 0. The second kappa shape index (κ2) is 3.10. The maximum Gasteiger partial charge on any atom is 0.137 e. The van der Waals surface area contributed by atoms with Gasteiger partial charge in [0.2, 0.25) is 0 Å². The fraction of sp³-hybridized carbons (Fsp3) is 0.500. The van der Waals surface area contributed by atoms with E-state index in [9.17, 15) is 4.79 Å². The molecule has 0 spiro atoms. The molecule has 54 valence electrons. The molecule has 0 fully saturated rings. The lowest BCUT2D eigenvalue weighted by Crippen LogP contribution is -2.05. The summed E-state index contributed by atoms with van der Waals surface area (Å²) in [6.07, 6.45) is 4.44. The Kier molecular flexibility index (Phi) is 2.15. The lowest BCUT2D eigenvalue weighted by molar-refractivity contribution is -0.108. The van der Waals surface area contributed by atoms with Crippen molar-refractivity contribution in [3.05, 3.63) is 12.7 Å². The summed E-state index contributed by atoms with van der Waals surface area (Å²) in [5.74, 6) is 0. The van der Waals surface area contributed by atoms with Gasteiger partial charge >= 0.3 is 0 Å². The molecular weight excluding hydrogens is 130 g/mol. The third kappa shape index (κ3) is 1.40. The Morgan fingerprint density at radius 2 is 2.60 bits per heavy atom. The molecule has 0 aliphatic rings. The van der Waals surface area contributed by atoms with Gasteiger partial charge < -0.3 is 4.79 Å². The Morgan fingerprint density at radius 1 is 1.80 bits per heavy atom. The Bertz CT molecular complexity index is 195. The van der Waals surface area contributed by atoms with E-state index in [4.69, 9.17) is 0 Å². The zero-order valence-corrected chi connectivity index (χ0v) is 5.77. The van der Waals surface area contributed by atoms with Crippen LogP contribution >= 0.6 is 0 Å². The number of rotatable bonds is 3. The molecule has 1 rings (SSSR count). The van der Waals surface area contributed by atoms with Crippen molar-refractivity contribution in [1.29, 1.82) is 0 Å². The number of nitrogens with zero attached hydrogens (tertiary/aromatic N) is 3. The summed E-state index contributed by atoms with van der Waals surface area (Å²) >= 11 is 0. The van der Waals surface area contributed by atoms with Crippen molar-refractivity contribution in [2.45, 2.75) is 19.4 Å². The highest BCUT2D eigenvalue weighted by Gasteiger charge is 2.01. The van der Waals surface area contributed by atoms with Crippen LogP contribution in [0.4, 0.5) is 0 Å². The minimum absolute atomic E-state index is 0.125. The highest BCUT2D eigenvalue weighted by Crippen LogP contribution is 2.03. The molecule has 1 unspecified atom stereocenters. The highest BCUT2D eigenvalue weighted by atomic mass is 16.1. The topological polar surface area (TPSA) is 47.8 Å². The van der Waals surface area contributed by atoms with E-state index in [0.29, 0.717) is 6.42 Å². The second-order valence-corrected chi connectivity index (χ2v) is 2.13. The molecule has 0 aliphatic heterocycles. The van der Waals surface area contributed by atoms with Crippen LogP contribution in [-0.2, 0) is 4.79 Å². The lowest BCUT2D eigenvalue weighted by atomic mass is 10.3. The van der Waals surface area contributed by atoms with E-state index in [2.05, 4.69) is 10.1 Å². The van der Waals surface area contributed by atoms with Crippen LogP contribution in [0.3, 0.4) is 0 Å². The number of carbonyl (C=O) groups is 1. The number of carbonyl (C=O) groups excluding carboxylic acids is 1. The predicted molar refractivity (Wildman–Crippen MR) is 35.4 cm³/mol. The molecule has 0 N–H and O–H groups in total. The van der Waals surface area contributed by atoms with Crippen molar-refractivity contribution in [3.63, 3.8) is 0 Å². The van der Waals surface area contributed by atoms with Gasteiger partial charge in [0.1, 0.15) is 18.9 Å². The molecule has 0 bridgehead atoms. The predicted octanol–water partition coefficient (Wildman–Crippen LogP) is 0.428. The molecule has 1 heterocycles. The minimum atomic E-state index is 0.125. The summed E-state index contributed by atoms with van der Waals surface area (Å²) < 4.78 is 1.66. The normalized spacial score (nSPS) is 12.9. The maximum atomic E-state index is 10.0. The molecule has 4 heteroatoms. The number of hydrogen-bond donors (Lipinski definition) is 0. The summed E-state index contributed by atoms with van der Waals surface area (Å²) in [6.45, 7) is 1.92. The van der Waals surface area contributed by atoms with Gasteiger partial charge in [0.15, 0.2) is 0 Å². The van der Waals surface area contributed by atoms with Crippen LogP contribution in [0.1, 0.15) is 19.4 Å². The fourth-order valence-electron chi connectivity index (χ4n) is 0.692. The smallest absolute Gasteiger partial charge is 0.137 e. The first kappa shape index (κ1) is 6.92. The van der Waals surface area contributed by atoms with E-state index in [1.54, 1.807) is 11.0 Å². The standard InChI is InChI=1S/C6H9N3O/c1-6(2-3-10)9-5-7-4-8-9/h3-6H,2H2,1H3. The summed E-state index contributed by atoms with van der Waals surface area (Å²) in [4.78, 5) is 13.8. The van der Waals surface area contributed by atoms with Gasteiger partial charge in [-0.25, -0.2) is 9.67 Å². The monoisotopic (exact) mass is 139 g/mol. The maximum absolute atomic E-state index is 10.0. The van der Waals surface area contributed by atoms with Gasteiger partial charge in [-0.2, -0.15) is 5.10 Å².